The van der Waals surface area contributed by atoms with Gasteiger partial charge in [0.05, 0.1) is 0 Å². The highest BCUT2D eigenvalue weighted by Gasteiger charge is 2.12. The molecule has 0 aliphatic carbocycles. The Morgan fingerprint density at radius 1 is 0.900 bits per heavy atom. The lowest BCUT2D eigenvalue weighted by molar-refractivity contribution is 0.576. The second kappa shape index (κ2) is 6.19. The number of hydrogen-bond acceptors (Lipinski definition) is 1. The fraction of sp³-hybridized carbons (Fsp3) is 0.333. The molecular formula is C18H22FN. The molecule has 0 radical (unpaired) electrons. The molecule has 0 amide bonds. The highest BCUT2D eigenvalue weighted by atomic mass is 19.1. The van der Waals surface area contributed by atoms with Crippen LogP contribution in [0.4, 0.5) is 4.39 Å². The number of aryl methyl sites for hydroxylation is 3. The zero-order valence-electron chi connectivity index (χ0n) is 12.6. The Hall–Kier alpha value is -1.67. The van der Waals surface area contributed by atoms with E-state index in [0.29, 0.717) is 0 Å². The summed E-state index contributed by atoms with van der Waals surface area (Å²) < 4.78 is 13.6. The molecule has 1 unspecified atom stereocenters. The van der Waals surface area contributed by atoms with Gasteiger partial charge in [0.25, 0.3) is 0 Å². The third kappa shape index (κ3) is 3.67. The maximum absolute atomic E-state index is 13.6. The van der Waals surface area contributed by atoms with Crippen molar-refractivity contribution in [3.8, 4) is 0 Å². The zero-order valence-corrected chi connectivity index (χ0v) is 12.6. The lowest BCUT2D eigenvalue weighted by Crippen LogP contribution is -2.19. The first-order chi connectivity index (χ1) is 9.47. The van der Waals surface area contributed by atoms with Crippen LogP contribution in [0.25, 0.3) is 0 Å². The second-order valence-corrected chi connectivity index (χ2v) is 5.60. The number of halogens is 1. The molecule has 2 heteroatoms. The first-order valence-corrected chi connectivity index (χ1v) is 6.99. The summed E-state index contributed by atoms with van der Waals surface area (Å²) in [5.41, 5.74) is 5.78. The molecule has 106 valence electrons. The van der Waals surface area contributed by atoms with E-state index in [0.717, 1.165) is 17.5 Å². The van der Waals surface area contributed by atoms with Crippen molar-refractivity contribution in [1.29, 1.82) is 0 Å². The number of rotatable bonds is 4. The molecule has 1 atom stereocenters. The van der Waals surface area contributed by atoms with Crippen molar-refractivity contribution in [2.45, 2.75) is 33.2 Å². The van der Waals surface area contributed by atoms with Crippen molar-refractivity contribution < 1.29 is 4.39 Å². The molecule has 0 spiro atoms. The molecule has 0 aliphatic rings. The van der Waals surface area contributed by atoms with Crippen LogP contribution in [0.5, 0.6) is 0 Å². The van der Waals surface area contributed by atoms with Crippen molar-refractivity contribution >= 4 is 0 Å². The van der Waals surface area contributed by atoms with Gasteiger partial charge in [-0.2, -0.15) is 0 Å². The summed E-state index contributed by atoms with van der Waals surface area (Å²) in [6.45, 7) is 6.14. The standard InChI is InChI=1S/C18H22FN/c1-12-5-13(2)7-15(6-12)10-18(20-4)16-8-14(3)9-17(19)11-16/h5-9,11,18,20H,10H2,1-4H3. The normalized spacial score (nSPS) is 12.4. The van der Waals surface area contributed by atoms with Crippen LogP contribution in [-0.4, -0.2) is 7.05 Å². The van der Waals surface area contributed by atoms with Gasteiger partial charge in [-0.25, -0.2) is 4.39 Å². The summed E-state index contributed by atoms with van der Waals surface area (Å²) in [5, 5.41) is 3.29. The Kier molecular flexibility index (Phi) is 4.56. The minimum absolute atomic E-state index is 0.130. The Bertz CT molecular complexity index is 564. The maximum Gasteiger partial charge on any atom is 0.123 e. The Morgan fingerprint density at radius 2 is 1.50 bits per heavy atom. The van der Waals surface area contributed by atoms with Gasteiger partial charge in [-0.3, -0.25) is 0 Å². The first kappa shape index (κ1) is 14.7. The van der Waals surface area contributed by atoms with E-state index in [9.17, 15) is 4.39 Å². The highest BCUT2D eigenvalue weighted by Crippen LogP contribution is 2.22. The van der Waals surface area contributed by atoms with Gasteiger partial charge in [-0.1, -0.05) is 35.4 Å². The van der Waals surface area contributed by atoms with Gasteiger partial charge in [-0.15, -0.1) is 0 Å². The first-order valence-electron chi connectivity index (χ1n) is 6.99. The van der Waals surface area contributed by atoms with Crippen LogP contribution < -0.4 is 5.32 Å². The fourth-order valence-electron chi connectivity index (χ4n) is 2.77. The zero-order chi connectivity index (χ0) is 14.7. The van der Waals surface area contributed by atoms with Crippen LogP contribution in [0.2, 0.25) is 0 Å². The molecule has 0 aromatic heterocycles. The molecule has 20 heavy (non-hydrogen) atoms. The predicted molar refractivity (Wildman–Crippen MR) is 82.6 cm³/mol. The summed E-state index contributed by atoms with van der Waals surface area (Å²) in [4.78, 5) is 0. The van der Waals surface area contributed by atoms with E-state index in [2.05, 4.69) is 37.4 Å². The molecule has 1 nitrogen and oxygen atoms in total. The van der Waals surface area contributed by atoms with Gasteiger partial charge < -0.3 is 5.32 Å². The van der Waals surface area contributed by atoms with Crippen LogP contribution in [-0.2, 0) is 6.42 Å². The van der Waals surface area contributed by atoms with Gasteiger partial charge in [0.2, 0.25) is 0 Å². The Morgan fingerprint density at radius 3 is 2.05 bits per heavy atom. The van der Waals surface area contributed by atoms with Crippen LogP contribution in [0, 0.1) is 26.6 Å². The van der Waals surface area contributed by atoms with Gasteiger partial charge in [0.1, 0.15) is 5.82 Å². The van der Waals surface area contributed by atoms with E-state index >= 15 is 0 Å². The maximum atomic E-state index is 13.6. The fourth-order valence-corrected chi connectivity index (χ4v) is 2.77. The summed E-state index contributed by atoms with van der Waals surface area (Å²) in [6, 6.07) is 11.9. The molecular weight excluding hydrogens is 249 g/mol. The molecule has 2 rings (SSSR count). The van der Waals surface area contributed by atoms with Crippen LogP contribution in [0.3, 0.4) is 0 Å². The Balaban J connectivity index is 2.28. The van der Waals surface area contributed by atoms with E-state index in [1.54, 1.807) is 12.1 Å². The van der Waals surface area contributed by atoms with E-state index < -0.39 is 0 Å². The van der Waals surface area contributed by atoms with E-state index in [1.807, 2.05) is 20.0 Å². The summed E-state index contributed by atoms with van der Waals surface area (Å²) >= 11 is 0. The molecule has 0 saturated carbocycles. The number of likely N-dealkylation sites (N-methyl/N-ethyl adjacent to an activating group) is 1. The smallest absolute Gasteiger partial charge is 0.123 e. The SMILES string of the molecule is CNC(Cc1cc(C)cc(C)c1)c1cc(C)cc(F)c1. The minimum atomic E-state index is -0.166. The van der Waals surface area contributed by atoms with Gasteiger partial charge in [-0.05, 0) is 63.1 Å². The second-order valence-electron chi connectivity index (χ2n) is 5.60. The number of benzene rings is 2. The van der Waals surface area contributed by atoms with Crippen molar-refractivity contribution in [1.82, 2.24) is 5.32 Å². The molecule has 0 fully saturated rings. The summed E-state index contributed by atoms with van der Waals surface area (Å²) in [6.07, 6.45) is 0.863. The van der Waals surface area contributed by atoms with Crippen LogP contribution in [0.1, 0.15) is 33.9 Å². The molecule has 2 aromatic rings. The number of hydrogen-bond donors (Lipinski definition) is 1. The van der Waals surface area contributed by atoms with Crippen LogP contribution >= 0.6 is 0 Å². The van der Waals surface area contributed by atoms with Gasteiger partial charge in [0.15, 0.2) is 0 Å². The predicted octanol–water partition coefficient (Wildman–Crippen LogP) is 4.25. The average molecular weight is 271 g/mol. The third-order valence-corrected chi connectivity index (χ3v) is 3.54. The average Bonchev–Trinajstić information content (AvgIpc) is 2.33. The van der Waals surface area contributed by atoms with Crippen LogP contribution in [0.15, 0.2) is 36.4 Å². The van der Waals surface area contributed by atoms with Crippen molar-refractivity contribution in [2.24, 2.45) is 0 Å². The molecule has 0 aliphatic heterocycles. The summed E-state index contributed by atoms with van der Waals surface area (Å²) in [7, 11) is 1.92. The Labute approximate surface area is 120 Å². The third-order valence-electron chi connectivity index (χ3n) is 3.54. The molecule has 2 aromatic carbocycles. The van der Waals surface area contributed by atoms with Crippen molar-refractivity contribution in [3.05, 3.63) is 70.0 Å². The van der Waals surface area contributed by atoms with E-state index in [4.69, 9.17) is 0 Å². The van der Waals surface area contributed by atoms with Crippen molar-refractivity contribution in [3.63, 3.8) is 0 Å². The summed E-state index contributed by atoms with van der Waals surface area (Å²) in [5.74, 6) is -0.166. The van der Waals surface area contributed by atoms with E-state index in [-0.39, 0.29) is 11.9 Å². The molecule has 0 bridgehead atoms. The van der Waals surface area contributed by atoms with Crippen molar-refractivity contribution in [2.75, 3.05) is 7.05 Å². The topological polar surface area (TPSA) is 12.0 Å². The number of nitrogens with one attached hydrogen (secondary N) is 1. The largest absolute Gasteiger partial charge is 0.313 e. The van der Waals surface area contributed by atoms with Gasteiger partial charge in [0, 0.05) is 6.04 Å². The van der Waals surface area contributed by atoms with Gasteiger partial charge >= 0.3 is 0 Å². The monoisotopic (exact) mass is 271 g/mol. The molecule has 0 saturated heterocycles. The quantitative estimate of drug-likeness (QED) is 0.876. The lowest BCUT2D eigenvalue weighted by atomic mass is 9.95. The lowest BCUT2D eigenvalue weighted by Gasteiger charge is -2.18. The molecule has 1 N–H and O–H groups in total. The molecule has 0 heterocycles. The van der Waals surface area contributed by atoms with E-state index in [1.165, 1.54) is 16.7 Å². The highest BCUT2D eigenvalue weighted by molar-refractivity contribution is 5.32. The minimum Gasteiger partial charge on any atom is -0.313 e.